The predicted molar refractivity (Wildman–Crippen MR) is 259 cm³/mol. The molecule has 6 nitrogen and oxygen atoms in total. The van der Waals surface area contributed by atoms with E-state index in [0.717, 1.165) is 89.7 Å². The van der Waals surface area contributed by atoms with Crippen LogP contribution in [0.15, 0.2) is 197 Å². The molecule has 4 heterocycles. The molecule has 1 aliphatic rings. The fraction of sp³-hybridized carbons (Fsp3) is 0.0517. The van der Waals surface area contributed by atoms with E-state index in [1.165, 1.54) is 38.6 Å². The first-order chi connectivity index (χ1) is 31.7. The number of nitrogens with zero attached hydrogens (tertiary/aromatic N) is 4. The minimum Gasteiger partial charge on any atom is -0.456 e. The molecule has 0 N–H and O–H groups in total. The lowest BCUT2D eigenvalue weighted by atomic mass is 9.83. The Morgan fingerprint density at radius 1 is 0.438 bits per heavy atom. The molecule has 14 rings (SSSR count). The zero-order valence-electron chi connectivity index (χ0n) is 34.5. The molecular formula is C58H36N4O2. The van der Waals surface area contributed by atoms with Gasteiger partial charge in [-0.1, -0.05) is 133 Å². The molecule has 0 fully saturated rings. The van der Waals surface area contributed by atoms with Crippen molar-refractivity contribution < 1.29 is 8.83 Å². The van der Waals surface area contributed by atoms with Gasteiger partial charge in [0.2, 0.25) is 5.95 Å². The number of fused-ring (bicyclic) bond motifs is 13. The highest BCUT2D eigenvalue weighted by Crippen LogP contribution is 2.48. The van der Waals surface area contributed by atoms with Crippen LogP contribution in [0.4, 0.5) is 0 Å². The van der Waals surface area contributed by atoms with Gasteiger partial charge in [0.25, 0.3) is 0 Å². The van der Waals surface area contributed by atoms with Crippen LogP contribution in [-0.2, 0) is 6.42 Å². The van der Waals surface area contributed by atoms with Gasteiger partial charge in [-0.25, -0.2) is 4.98 Å². The van der Waals surface area contributed by atoms with Crippen molar-refractivity contribution in [2.24, 2.45) is 0 Å². The van der Waals surface area contributed by atoms with E-state index in [0.29, 0.717) is 17.6 Å². The van der Waals surface area contributed by atoms with Gasteiger partial charge < -0.3 is 8.83 Å². The van der Waals surface area contributed by atoms with Gasteiger partial charge in [-0.15, -0.1) is 0 Å². The molecule has 1 unspecified atom stereocenters. The molecule has 64 heavy (non-hydrogen) atoms. The summed E-state index contributed by atoms with van der Waals surface area (Å²) in [6.45, 7) is 0. The van der Waals surface area contributed by atoms with E-state index in [4.69, 9.17) is 23.8 Å². The number of furan rings is 2. The minimum absolute atomic E-state index is 0.114. The second-order valence-electron chi connectivity index (χ2n) is 17.0. The summed E-state index contributed by atoms with van der Waals surface area (Å²) in [7, 11) is 0. The molecular weight excluding hydrogens is 785 g/mol. The van der Waals surface area contributed by atoms with Crippen LogP contribution in [0, 0.1) is 0 Å². The first-order valence-corrected chi connectivity index (χ1v) is 21.9. The predicted octanol–water partition coefficient (Wildman–Crippen LogP) is 15.0. The highest BCUT2D eigenvalue weighted by Gasteiger charge is 2.29. The lowest BCUT2D eigenvalue weighted by molar-refractivity contribution is 0.668. The summed E-state index contributed by atoms with van der Waals surface area (Å²) in [4.78, 5) is 16.1. The number of hydrogen-bond donors (Lipinski definition) is 0. The number of aryl methyl sites for hydroxylation is 1. The second kappa shape index (κ2) is 13.6. The summed E-state index contributed by atoms with van der Waals surface area (Å²) >= 11 is 0. The van der Waals surface area contributed by atoms with Gasteiger partial charge in [-0.05, 0) is 106 Å². The Bertz CT molecular complexity index is 4010. The van der Waals surface area contributed by atoms with Gasteiger partial charge in [0, 0.05) is 43.8 Å². The van der Waals surface area contributed by atoms with Crippen molar-refractivity contribution in [3.8, 4) is 39.9 Å². The van der Waals surface area contributed by atoms with Crippen LogP contribution in [0.25, 0.3) is 116 Å². The summed E-state index contributed by atoms with van der Waals surface area (Å²) < 4.78 is 15.4. The lowest BCUT2D eigenvalue weighted by Gasteiger charge is -2.20. The topological polar surface area (TPSA) is 69.9 Å². The highest BCUT2D eigenvalue weighted by molar-refractivity contribution is 6.12. The third-order valence-corrected chi connectivity index (χ3v) is 13.5. The van der Waals surface area contributed by atoms with Crippen molar-refractivity contribution in [3.05, 3.63) is 205 Å². The average Bonchev–Trinajstić information content (AvgIpc) is 4.00. The monoisotopic (exact) mass is 820 g/mol. The van der Waals surface area contributed by atoms with E-state index in [-0.39, 0.29) is 5.92 Å². The molecule has 0 radical (unpaired) electrons. The molecule has 13 aromatic rings. The maximum atomic E-state index is 7.00. The van der Waals surface area contributed by atoms with Crippen molar-refractivity contribution in [2.45, 2.75) is 18.8 Å². The fourth-order valence-corrected chi connectivity index (χ4v) is 10.6. The van der Waals surface area contributed by atoms with E-state index in [1.54, 1.807) is 0 Å². The van der Waals surface area contributed by atoms with E-state index >= 15 is 0 Å². The van der Waals surface area contributed by atoms with E-state index < -0.39 is 0 Å². The fourth-order valence-electron chi connectivity index (χ4n) is 10.6. The first-order valence-electron chi connectivity index (χ1n) is 21.9. The minimum atomic E-state index is 0.114. The maximum Gasteiger partial charge on any atom is 0.238 e. The molecule has 0 saturated heterocycles. The Morgan fingerprint density at radius 2 is 1.08 bits per heavy atom. The van der Waals surface area contributed by atoms with Crippen molar-refractivity contribution in [3.63, 3.8) is 0 Å². The molecule has 0 amide bonds. The number of aromatic nitrogens is 4. The van der Waals surface area contributed by atoms with Crippen molar-refractivity contribution >= 4 is 76.5 Å². The van der Waals surface area contributed by atoms with Crippen molar-refractivity contribution in [1.82, 2.24) is 19.5 Å². The molecule has 0 spiro atoms. The number of benzene rings is 9. The second-order valence-corrected chi connectivity index (χ2v) is 17.0. The van der Waals surface area contributed by atoms with Crippen LogP contribution in [-0.4, -0.2) is 19.5 Å². The van der Waals surface area contributed by atoms with Crippen LogP contribution in [0.5, 0.6) is 0 Å². The van der Waals surface area contributed by atoms with Gasteiger partial charge in [0.1, 0.15) is 22.3 Å². The van der Waals surface area contributed by atoms with E-state index in [9.17, 15) is 0 Å². The summed E-state index contributed by atoms with van der Waals surface area (Å²) in [5.74, 6) is 1.74. The average molecular weight is 821 g/mol. The van der Waals surface area contributed by atoms with Gasteiger partial charge in [-0.3, -0.25) is 4.57 Å². The number of hydrogen-bond acceptors (Lipinski definition) is 5. The molecule has 9 aromatic carbocycles. The largest absolute Gasteiger partial charge is 0.456 e. The summed E-state index contributed by atoms with van der Waals surface area (Å²) in [5, 5.41) is 9.04. The Hall–Kier alpha value is -8.35. The zero-order chi connectivity index (χ0) is 41.9. The maximum absolute atomic E-state index is 7.00. The highest BCUT2D eigenvalue weighted by atomic mass is 16.3. The van der Waals surface area contributed by atoms with Gasteiger partial charge in [-0.2, -0.15) is 9.97 Å². The van der Waals surface area contributed by atoms with Gasteiger partial charge in [0.15, 0.2) is 11.6 Å². The summed E-state index contributed by atoms with van der Waals surface area (Å²) in [6.07, 6.45) is 1.91. The number of para-hydroxylation sites is 4. The van der Waals surface area contributed by atoms with Crippen LogP contribution in [0.2, 0.25) is 0 Å². The summed E-state index contributed by atoms with van der Waals surface area (Å²) in [5.41, 5.74) is 13.5. The Morgan fingerprint density at radius 3 is 1.89 bits per heavy atom. The smallest absolute Gasteiger partial charge is 0.238 e. The Kier molecular flexibility index (Phi) is 7.48. The SMILES string of the molecule is c1ccc2c(c1)-c1cc3ccccc3cc1CCC2c1ccc(-c2nc(-c3ccc4oc5ccccc5c4c3)nc(-n3c4ccccc4c4ccccc43)n2)c2oc3ccccc3c12. The molecule has 1 atom stereocenters. The zero-order valence-corrected chi connectivity index (χ0v) is 34.5. The van der Waals surface area contributed by atoms with Crippen LogP contribution in [0.1, 0.15) is 29.0 Å². The van der Waals surface area contributed by atoms with E-state index in [2.05, 4.69) is 156 Å². The van der Waals surface area contributed by atoms with Gasteiger partial charge >= 0.3 is 0 Å². The quantitative estimate of drug-likeness (QED) is 0.177. The van der Waals surface area contributed by atoms with E-state index in [1.807, 2.05) is 36.4 Å². The third kappa shape index (κ3) is 5.23. The standard InChI is InChI=1S/C58H36N4O2/c1-2-14-35-32-47-36(31-34(35)13-1)25-27-40(38-15-3-4-16-39(38)47)44-28-29-46(55-54(44)45-20-8-12-24-52(45)64-55)57-59-56(37-26-30-53-48(33-37)43-19-7-11-23-51(43)63-53)60-58(61-57)62-49-21-9-5-17-41(49)42-18-6-10-22-50(42)62/h1-24,26,28-33,40H,25,27H2. The van der Waals surface area contributed by atoms with Crippen LogP contribution >= 0.6 is 0 Å². The van der Waals surface area contributed by atoms with Gasteiger partial charge in [0.05, 0.1) is 16.6 Å². The van der Waals surface area contributed by atoms with Crippen molar-refractivity contribution in [2.75, 3.05) is 0 Å². The van der Waals surface area contributed by atoms with Crippen LogP contribution < -0.4 is 0 Å². The molecule has 6 heteroatoms. The molecule has 0 bridgehead atoms. The first kappa shape index (κ1) is 35.3. The molecule has 4 aromatic heterocycles. The Labute approximate surface area is 366 Å². The van der Waals surface area contributed by atoms with Crippen LogP contribution in [0.3, 0.4) is 0 Å². The molecule has 300 valence electrons. The Balaban J connectivity index is 1.01. The lowest BCUT2D eigenvalue weighted by Crippen LogP contribution is -2.07. The molecule has 0 aliphatic heterocycles. The third-order valence-electron chi connectivity index (χ3n) is 13.5. The summed E-state index contributed by atoms with van der Waals surface area (Å²) in [6, 6.07) is 66.6. The molecule has 0 saturated carbocycles. The molecule has 1 aliphatic carbocycles. The normalized spacial score (nSPS) is 14.0. The van der Waals surface area contributed by atoms with Crippen molar-refractivity contribution in [1.29, 1.82) is 0 Å². The number of rotatable bonds is 4.